The Bertz CT molecular complexity index is 593. The minimum Gasteiger partial charge on any atom is -0.304 e. The predicted octanol–water partition coefficient (Wildman–Crippen LogP) is 3.37. The van der Waals surface area contributed by atoms with E-state index in [1.165, 1.54) is 10.6 Å². The van der Waals surface area contributed by atoms with Crippen molar-refractivity contribution >= 4 is 17.0 Å². The Labute approximate surface area is 91.8 Å². The predicted molar refractivity (Wildman–Crippen MR) is 63.2 cm³/mol. The molecule has 0 radical (unpaired) electrons. The number of aromatic nitrogens is 2. The summed E-state index contributed by atoms with van der Waals surface area (Å²) in [6.07, 6.45) is 2.09. The van der Waals surface area contributed by atoms with Gasteiger partial charge in [0.05, 0.1) is 10.6 Å². The number of fused-ring (bicyclic) bond motifs is 1. The Hall–Kier alpha value is -1.61. The van der Waals surface area contributed by atoms with Crippen LogP contribution in [-0.2, 0) is 0 Å². The summed E-state index contributed by atoms with van der Waals surface area (Å²) >= 11 is 1.72. The molecule has 0 atom stereocenters. The topological polar surface area (TPSA) is 17.3 Å². The van der Waals surface area contributed by atoms with Gasteiger partial charge in [-0.2, -0.15) is 0 Å². The highest BCUT2D eigenvalue weighted by Crippen LogP contribution is 2.24. The molecule has 15 heavy (non-hydrogen) atoms. The molecule has 0 aromatic carbocycles. The van der Waals surface area contributed by atoms with Crippen LogP contribution in [0.5, 0.6) is 0 Å². The molecule has 3 rings (SSSR count). The highest BCUT2D eigenvalue weighted by Gasteiger charge is 2.05. The Kier molecular flexibility index (Phi) is 1.86. The molecule has 0 aliphatic rings. The molecule has 0 saturated carbocycles. The molecular weight excluding hydrogens is 204 g/mol. The fraction of sp³-hybridized carbons (Fsp3) is 0.0833. The van der Waals surface area contributed by atoms with Gasteiger partial charge >= 0.3 is 0 Å². The van der Waals surface area contributed by atoms with E-state index >= 15 is 0 Å². The maximum atomic E-state index is 4.59. The molecule has 0 aliphatic carbocycles. The van der Waals surface area contributed by atoms with Gasteiger partial charge in [0.2, 0.25) is 0 Å². The fourth-order valence-electron chi connectivity index (χ4n) is 1.69. The molecule has 0 unspecified atom stereocenters. The Balaban J connectivity index is 2.27. The number of hydrogen-bond acceptors (Lipinski definition) is 2. The molecule has 3 heterocycles. The number of hydrogen-bond donors (Lipinski definition) is 0. The van der Waals surface area contributed by atoms with Gasteiger partial charge in [0.15, 0.2) is 0 Å². The summed E-state index contributed by atoms with van der Waals surface area (Å²) in [4.78, 5) is 5.81. The Morgan fingerprint density at radius 3 is 2.87 bits per heavy atom. The summed E-state index contributed by atoms with van der Waals surface area (Å²) < 4.78 is 2.12. The maximum Gasteiger partial charge on any atom is 0.137 e. The fourth-order valence-corrected chi connectivity index (χ4v) is 2.37. The third kappa shape index (κ3) is 1.36. The van der Waals surface area contributed by atoms with Gasteiger partial charge in [0.25, 0.3) is 0 Å². The highest BCUT2D eigenvalue weighted by molar-refractivity contribution is 7.13. The SMILES string of the molecule is Cc1cccc2nc(-c3cccs3)cn12. The second kappa shape index (κ2) is 3.21. The lowest BCUT2D eigenvalue weighted by Gasteiger charge is -1.95. The Morgan fingerprint density at radius 2 is 2.13 bits per heavy atom. The van der Waals surface area contributed by atoms with Crippen molar-refractivity contribution in [3.8, 4) is 10.6 Å². The van der Waals surface area contributed by atoms with Crippen molar-refractivity contribution in [1.29, 1.82) is 0 Å². The smallest absolute Gasteiger partial charge is 0.137 e. The number of nitrogens with zero attached hydrogens (tertiary/aromatic N) is 2. The van der Waals surface area contributed by atoms with Crippen molar-refractivity contribution in [3.05, 3.63) is 47.6 Å². The van der Waals surface area contributed by atoms with Crippen LogP contribution in [0.4, 0.5) is 0 Å². The van der Waals surface area contributed by atoms with Gasteiger partial charge in [0.1, 0.15) is 5.65 Å². The zero-order valence-corrected chi connectivity index (χ0v) is 9.16. The van der Waals surface area contributed by atoms with E-state index in [1.54, 1.807) is 11.3 Å². The second-order valence-corrected chi connectivity index (χ2v) is 4.45. The number of thiophene rings is 1. The zero-order valence-electron chi connectivity index (χ0n) is 8.34. The minimum absolute atomic E-state index is 1.01. The molecule has 3 aromatic heterocycles. The molecule has 0 N–H and O–H groups in total. The summed E-state index contributed by atoms with van der Waals surface area (Å²) in [5, 5.41) is 2.08. The van der Waals surface area contributed by atoms with Crippen molar-refractivity contribution in [2.75, 3.05) is 0 Å². The van der Waals surface area contributed by atoms with Crippen molar-refractivity contribution in [2.45, 2.75) is 6.92 Å². The third-order valence-electron chi connectivity index (χ3n) is 2.47. The van der Waals surface area contributed by atoms with Crippen LogP contribution in [0.2, 0.25) is 0 Å². The van der Waals surface area contributed by atoms with Crippen molar-refractivity contribution in [2.24, 2.45) is 0 Å². The number of pyridine rings is 1. The summed E-state index contributed by atoms with van der Waals surface area (Å²) in [6.45, 7) is 2.09. The quantitative estimate of drug-likeness (QED) is 0.607. The molecular formula is C12H10N2S. The van der Waals surface area contributed by atoms with E-state index in [1.807, 2.05) is 12.1 Å². The first-order valence-corrected chi connectivity index (χ1v) is 5.71. The maximum absolute atomic E-state index is 4.59. The molecule has 0 bridgehead atoms. The standard InChI is InChI=1S/C12H10N2S/c1-9-4-2-6-12-13-10(8-14(9)12)11-5-3-7-15-11/h2-8H,1H3. The highest BCUT2D eigenvalue weighted by atomic mass is 32.1. The van der Waals surface area contributed by atoms with Crippen LogP contribution in [0.1, 0.15) is 5.69 Å². The van der Waals surface area contributed by atoms with Crippen molar-refractivity contribution in [3.63, 3.8) is 0 Å². The van der Waals surface area contributed by atoms with E-state index in [4.69, 9.17) is 0 Å². The first-order valence-electron chi connectivity index (χ1n) is 4.83. The summed E-state index contributed by atoms with van der Waals surface area (Å²) in [5.74, 6) is 0. The van der Waals surface area contributed by atoms with E-state index in [0.29, 0.717) is 0 Å². The summed E-state index contributed by atoms with van der Waals surface area (Å²) in [6, 6.07) is 10.3. The van der Waals surface area contributed by atoms with Crippen LogP contribution < -0.4 is 0 Å². The van der Waals surface area contributed by atoms with Crippen LogP contribution in [-0.4, -0.2) is 9.38 Å². The summed E-state index contributed by atoms with van der Waals surface area (Å²) in [5.41, 5.74) is 3.28. The van der Waals surface area contributed by atoms with E-state index in [-0.39, 0.29) is 0 Å². The van der Waals surface area contributed by atoms with Crippen molar-refractivity contribution in [1.82, 2.24) is 9.38 Å². The van der Waals surface area contributed by atoms with Gasteiger partial charge < -0.3 is 4.40 Å². The molecule has 0 fully saturated rings. The number of rotatable bonds is 1. The minimum atomic E-state index is 1.01. The van der Waals surface area contributed by atoms with E-state index < -0.39 is 0 Å². The largest absolute Gasteiger partial charge is 0.304 e. The Morgan fingerprint density at radius 1 is 1.20 bits per heavy atom. The lowest BCUT2D eigenvalue weighted by atomic mass is 10.4. The van der Waals surface area contributed by atoms with E-state index in [9.17, 15) is 0 Å². The van der Waals surface area contributed by atoms with Crippen LogP contribution in [0.25, 0.3) is 16.2 Å². The van der Waals surface area contributed by atoms with Gasteiger partial charge in [0, 0.05) is 11.9 Å². The average Bonchev–Trinajstić information content (AvgIpc) is 2.86. The molecule has 74 valence electrons. The van der Waals surface area contributed by atoms with Crippen LogP contribution in [0, 0.1) is 6.92 Å². The normalized spacial score (nSPS) is 11.0. The van der Waals surface area contributed by atoms with Gasteiger partial charge in [-0.1, -0.05) is 12.1 Å². The van der Waals surface area contributed by atoms with Crippen LogP contribution >= 0.6 is 11.3 Å². The molecule has 0 spiro atoms. The van der Waals surface area contributed by atoms with Gasteiger partial charge in [-0.3, -0.25) is 0 Å². The molecule has 0 amide bonds. The lowest BCUT2D eigenvalue weighted by Crippen LogP contribution is -1.86. The molecule has 3 aromatic rings. The van der Waals surface area contributed by atoms with E-state index in [2.05, 4.69) is 46.1 Å². The molecule has 3 heteroatoms. The lowest BCUT2D eigenvalue weighted by molar-refractivity contribution is 1.09. The first kappa shape index (κ1) is 8.68. The molecule has 0 saturated heterocycles. The van der Waals surface area contributed by atoms with Gasteiger partial charge in [-0.25, -0.2) is 4.98 Å². The van der Waals surface area contributed by atoms with Crippen LogP contribution in [0.3, 0.4) is 0 Å². The van der Waals surface area contributed by atoms with Crippen LogP contribution in [0.15, 0.2) is 41.9 Å². The van der Waals surface area contributed by atoms with Gasteiger partial charge in [-0.15, -0.1) is 11.3 Å². The average molecular weight is 214 g/mol. The second-order valence-electron chi connectivity index (χ2n) is 3.50. The van der Waals surface area contributed by atoms with Crippen molar-refractivity contribution < 1.29 is 0 Å². The molecule has 2 nitrogen and oxygen atoms in total. The zero-order chi connectivity index (χ0) is 10.3. The monoisotopic (exact) mass is 214 g/mol. The van der Waals surface area contributed by atoms with Gasteiger partial charge in [-0.05, 0) is 30.5 Å². The number of imidazole rings is 1. The first-order chi connectivity index (χ1) is 7.34. The molecule has 0 aliphatic heterocycles. The van der Waals surface area contributed by atoms with E-state index in [0.717, 1.165) is 11.3 Å². The number of aryl methyl sites for hydroxylation is 1. The third-order valence-corrected chi connectivity index (χ3v) is 3.36. The summed E-state index contributed by atoms with van der Waals surface area (Å²) in [7, 11) is 0.